The molecule has 7 heteroatoms. The Kier molecular flexibility index (Phi) is 6.92. The molecule has 1 amide bonds. The molecule has 4 nitrogen and oxygen atoms in total. The molecule has 1 heterocycles. The lowest BCUT2D eigenvalue weighted by Crippen LogP contribution is -2.13. The van der Waals surface area contributed by atoms with Gasteiger partial charge in [-0.25, -0.2) is 0 Å². The van der Waals surface area contributed by atoms with Crippen LogP contribution in [0.15, 0.2) is 33.5 Å². The number of nitrogens with one attached hydrogen (secondary N) is 1. The van der Waals surface area contributed by atoms with Crippen LogP contribution in [0.1, 0.15) is 38.1 Å². The number of hydrogen-bond donors (Lipinski definition) is 1. The van der Waals surface area contributed by atoms with Crippen molar-refractivity contribution in [3.8, 4) is 0 Å². The molecular formula is C16H21N3OS3. The molecule has 0 aliphatic rings. The van der Waals surface area contributed by atoms with E-state index >= 15 is 0 Å². The number of rotatable bonds is 7. The van der Waals surface area contributed by atoms with Crippen molar-refractivity contribution in [1.82, 2.24) is 10.2 Å². The number of nitrogens with zero attached hydrogens (tertiary/aromatic N) is 2. The maximum atomic E-state index is 12.5. The smallest absolute Gasteiger partial charge is 0.258 e. The summed E-state index contributed by atoms with van der Waals surface area (Å²) >= 11 is 4.78. The average molecular weight is 368 g/mol. The van der Waals surface area contributed by atoms with Crippen LogP contribution in [-0.2, 0) is 0 Å². The van der Waals surface area contributed by atoms with Gasteiger partial charge in [-0.1, -0.05) is 62.9 Å². The lowest BCUT2D eigenvalue weighted by molar-refractivity contribution is 0.102. The van der Waals surface area contributed by atoms with Crippen molar-refractivity contribution in [2.24, 2.45) is 5.92 Å². The molecule has 2 aromatic rings. The molecule has 0 atom stereocenters. The minimum Gasteiger partial charge on any atom is -0.296 e. The molecule has 1 N–H and O–H groups in total. The molecule has 0 saturated heterocycles. The van der Waals surface area contributed by atoms with Gasteiger partial charge < -0.3 is 0 Å². The number of carbonyl (C=O) groups excluding carboxylic acids is 1. The number of benzene rings is 1. The van der Waals surface area contributed by atoms with Gasteiger partial charge in [-0.2, -0.15) is 0 Å². The Morgan fingerprint density at radius 3 is 2.65 bits per heavy atom. The molecule has 0 aliphatic heterocycles. The van der Waals surface area contributed by atoms with Crippen LogP contribution in [-0.4, -0.2) is 27.1 Å². The standard InChI is InChI=1S/C16H21N3OS3/c1-10(2)9-21-16-19-18-15(23-16)17-14(20)12-7-5-6-8-13(12)22-11(3)4/h5-8,10-11H,9H2,1-4H3,(H,17,18,20). The van der Waals surface area contributed by atoms with E-state index in [1.54, 1.807) is 23.5 Å². The zero-order valence-corrected chi connectivity index (χ0v) is 16.1. The van der Waals surface area contributed by atoms with E-state index in [0.29, 0.717) is 21.9 Å². The van der Waals surface area contributed by atoms with Crippen LogP contribution < -0.4 is 5.32 Å². The third-order valence-corrected chi connectivity index (χ3v) is 6.14. The molecule has 1 aromatic heterocycles. The summed E-state index contributed by atoms with van der Waals surface area (Å²) in [5.41, 5.74) is 0.679. The summed E-state index contributed by atoms with van der Waals surface area (Å²) < 4.78 is 0.888. The summed E-state index contributed by atoms with van der Waals surface area (Å²) in [6.07, 6.45) is 0. The summed E-state index contributed by atoms with van der Waals surface area (Å²) in [5.74, 6) is 1.46. The third-order valence-electron chi connectivity index (χ3n) is 2.66. The largest absolute Gasteiger partial charge is 0.296 e. The maximum Gasteiger partial charge on any atom is 0.258 e. The molecule has 23 heavy (non-hydrogen) atoms. The second-order valence-corrected chi connectivity index (χ2v) is 9.56. The van der Waals surface area contributed by atoms with Crippen molar-refractivity contribution in [1.29, 1.82) is 0 Å². The summed E-state index contributed by atoms with van der Waals surface area (Å²) in [6.45, 7) is 8.56. The second kappa shape index (κ2) is 8.70. The van der Waals surface area contributed by atoms with E-state index in [0.717, 1.165) is 15.0 Å². The molecule has 0 saturated carbocycles. The minimum atomic E-state index is -0.134. The summed E-state index contributed by atoms with van der Waals surface area (Å²) in [4.78, 5) is 13.5. The van der Waals surface area contributed by atoms with Gasteiger partial charge in [-0.15, -0.1) is 22.0 Å². The van der Waals surface area contributed by atoms with Gasteiger partial charge in [0.25, 0.3) is 5.91 Å². The minimum absolute atomic E-state index is 0.134. The number of hydrogen-bond acceptors (Lipinski definition) is 6. The van der Waals surface area contributed by atoms with Gasteiger partial charge >= 0.3 is 0 Å². The van der Waals surface area contributed by atoms with Gasteiger partial charge in [-0.3, -0.25) is 10.1 Å². The van der Waals surface area contributed by atoms with Gasteiger partial charge in [0.1, 0.15) is 0 Å². The van der Waals surface area contributed by atoms with Crippen LogP contribution in [0.4, 0.5) is 5.13 Å². The van der Waals surface area contributed by atoms with Gasteiger partial charge in [0.2, 0.25) is 5.13 Å². The molecule has 1 aromatic carbocycles. The number of carbonyl (C=O) groups is 1. The number of amides is 1. The predicted molar refractivity (Wildman–Crippen MR) is 101 cm³/mol. The highest BCUT2D eigenvalue weighted by atomic mass is 32.2. The fourth-order valence-electron chi connectivity index (χ4n) is 1.73. The van der Waals surface area contributed by atoms with E-state index in [-0.39, 0.29) is 5.91 Å². The van der Waals surface area contributed by atoms with Gasteiger partial charge in [0.05, 0.1) is 5.56 Å². The van der Waals surface area contributed by atoms with Crippen molar-refractivity contribution in [3.05, 3.63) is 29.8 Å². The Morgan fingerprint density at radius 1 is 1.22 bits per heavy atom. The van der Waals surface area contributed by atoms with E-state index in [4.69, 9.17) is 0 Å². The first-order valence-corrected chi connectivity index (χ1v) is 10.2. The van der Waals surface area contributed by atoms with E-state index in [1.165, 1.54) is 11.3 Å². The highest BCUT2D eigenvalue weighted by Crippen LogP contribution is 2.29. The molecule has 2 rings (SSSR count). The average Bonchev–Trinajstić information content (AvgIpc) is 2.92. The van der Waals surface area contributed by atoms with Crippen molar-refractivity contribution in [2.75, 3.05) is 11.1 Å². The van der Waals surface area contributed by atoms with Gasteiger partial charge in [0, 0.05) is 15.9 Å². The SMILES string of the molecule is CC(C)CSc1nnc(NC(=O)c2ccccc2SC(C)C)s1. The van der Waals surface area contributed by atoms with Crippen LogP contribution in [0.2, 0.25) is 0 Å². The highest BCUT2D eigenvalue weighted by Gasteiger charge is 2.15. The number of anilines is 1. The second-order valence-electron chi connectivity index (χ2n) is 5.69. The Morgan fingerprint density at radius 2 is 1.96 bits per heavy atom. The molecule has 0 radical (unpaired) electrons. The third kappa shape index (κ3) is 5.82. The summed E-state index contributed by atoms with van der Waals surface area (Å²) in [6, 6.07) is 7.65. The Hall–Kier alpha value is -1.05. The van der Waals surface area contributed by atoms with Gasteiger partial charge in [0.15, 0.2) is 4.34 Å². The monoisotopic (exact) mass is 367 g/mol. The molecular weight excluding hydrogens is 346 g/mol. The number of aromatic nitrogens is 2. The zero-order valence-electron chi connectivity index (χ0n) is 13.7. The van der Waals surface area contributed by atoms with Crippen molar-refractivity contribution in [2.45, 2.75) is 42.2 Å². The fourth-order valence-corrected chi connectivity index (χ4v) is 4.41. The maximum absolute atomic E-state index is 12.5. The van der Waals surface area contributed by atoms with Crippen molar-refractivity contribution >= 4 is 45.9 Å². The summed E-state index contributed by atoms with van der Waals surface area (Å²) in [7, 11) is 0. The molecule has 0 spiro atoms. The zero-order chi connectivity index (χ0) is 16.8. The quantitative estimate of drug-likeness (QED) is 0.549. The molecule has 0 unspecified atom stereocenters. The van der Waals surface area contributed by atoms with E-state index in [2.05, 4.69) is 43.2 Å². The van der Waals surface area contributed by atoms with Crippen LogP contribution in [0.3, 0.4) is 0 Å². The van der Waals surface area contributed by atoms with E-state index in [9.17, 15) is 4.79 Å². The normalized spacial score (nSPS) is 11.2. The molecule has 0 bridgehead atoms. The van der Waals surface area contributed by atoms with Crippen LogP contribution in [0.5, 0.6) is 0 Å². The van der Waals surface area contributed by atoms with E-state index in [1.807, 2.05) is 24.3 Å². The molecule has 124 valence electrons. The van der Waals surface area contributed by atoms with Crippen LogP contribution >= 0.6 is 34.9 Å². The first kappa shape index (κ1) is 18.3. The lowest BCUT2D eigenvalue weighted by atomic mass is 10.2. The molecule has 0 aliphatic carbocycles. The predicted octanol–water partition coefficient (Wildman–Crippen LogP) is 5.04. The Labute approximate surface area is 149 Å². The van der Waals surface area contributed by atoms with E-state index < -0.39 is 0 Å². The number of thioether (sulfide) groups is 2. The first-order valence-electron chi connectivity index (χ1n) is 7.49. The first-order chi connectivity index (χ1) is 11.0. The Bertz CT molecular complexity index is 656. The topological polar surface area (TPSA) is 54.9 Å². The van der Waals surface area contributed by atoms with Crippen molar-refractivity contribution in [3.63, 3.8) is 0 Å². The summed E-state index contributed by atoms with van der Waals surface area (Å²) in [5, 5.41) is 12.0. The fraction of sp³-hybridized carbons (Fsp3) is 0.438. The van der Waals surface area contributed by atoms with Crippen LogP contribution in [0.25, 0.3) is 0 Å². The van der Waals surface area contributed by atoms with Crippen LogP contribution in [0, 0.1) is 5.92 Å². The highest BCUT2D eigenvalue weighted by molar-refractivity contribution is 8.01. The molecule has 0 fully saturated rings. The van der Waals surface area contributed by atoms with Crippen molar-refractivity contribution < 1.29 is 4.79 Å². The lowest BCUT2D eigenvalue weighted by Gasteiger charge is -2.10. The van der Waals surface area contributed by atoms with Gasteiger partial charge in [-0.05, 0) is 18.1 Å². The Balaban J connectivity index is 2.05.